The first-order chi connectivity index (χ1) is 18.0. The fourth-order valence-corrected chi connectivity index (χ4v) is 5.41. The lowest BCUT2D eigenvalue weighted by molar-refractivity contribution is -0.139. The summed E-state index contributed by atoms with van der Waals surface area (Å²) in [6, 6.07) is 20.4. The maximum atomic E-state index is 13.9. The van der Waals surface area contributed by atoms with E-state index in [0.29, 0.717) is 12.2 Å². The molecular formula is C30H37N3O4S. The highest BCUT2D eigenvalue weighted by Crippen LogP contribution is 2.26. The van der Waals surface area contributed by atoms with Crippen molar-refractivity contribution in [3.8, 4) is 0 Å². The Hall–Kier alpha value is -3.65. The number of hydrogen-bond donors (Lipinski definition) is 1. The van der Waals surface area contributed by atoms with Crippen LogP contribution in [0.5, 0.6) is 0 Å². The molecule has 202 valence electrons. The summed E-state index contributed by atoms with van der Waals surface area (Å²) < 4.78 is 28.9. The van der Waals surface area contributed by atoms with Crippen LogP contribution in [-0.4, -0.2) is 44.3 Å². The molecule has 0 aromatic heterocycles. The van der Waals surface area contributed by atoms with Gasteiger partial charge in [0, 0.05) is 13.1 Å². The van der Waals surface area contributed by atoms with E-state index in [-0.39, 0.29) is 17.3 Å². The molecule has 3 rings (SSSR count). The minimum Gasteiger partial charge on any atom is -0.354 e. The van der Waals surface area contributed by atoms with Crippen molar-refractivity contribution >= 4 is 27.5 Å². The summed E-state index contributed by atoms with van der Waals surface area (Å²) in [6.07, 6.45) is 0.764. The highest BCUT2D eigenvalue weighted by Gasteiger charge is 2.32. The minimum absolute atomic E-state index is 0.0949. The Morgan fingerprint density at radius 1 is 0.895 bits per heavy atom. The predicted octanol–water partition coefficient (Wildman–Crippen LogP) is 4.75. The van der Waals surface area contributed by atoms with Gasteiger partial charge < -0.3 is 10.2 Å². The summed E-state index contributed by atoms with van der Waals surface area (Å²) in [4.78, 5) is 28.3. The van der Waals surface area contributed by atoms with Crippen molar-refractivity contribution in [2.24, 2.45) is 0 Å². The first kappa shape index (κ1) is 28.9. The van der Waals surface area contributed by atoms with Gasteiger partial charge in [0.05, 0.1) is 10.6 Å². The zero-order chi connectivity index (χ0) is 27.9. The summed E-state index contributed by atoms with van der Waals surface area (Å²) in [6.45, 7) is 9.57. The van der Waals surface area contributed by atoms with Gasteiger partial charge in [-0.05, 0) is 75.1 Å². The number of rotatable bonds is 11. The summed E-state index contributed by atoms with van der Waals surface area (Å²) in [5, 5.41) is 2.85. The molecule has 0 radical (unpaired) electrons. The van der Waals surface area contributed by atoms with Crippen molar-refractivity contribution in [1.29, 1.82) is 0 Å². The Morgan fingerprint density at radius 3 is 2.16 bits per heavy atom. The van der Waals surface area contributed by atoms with Crippen LogP contribution in [0.1, 0.15) is 42.5 Å². The zero-order valence-electron chi connectivity index (χ0n) is 22.8. The van der Waals surface area contributed by atoms with Gasteiger partial charge in [0.25, 0.3) is 10.0 Å². The second-order valence-corrected chi connectivity index (χ2v) is 11.4. The van der Waals surface area contributed by atoms with Crippen LogP contribution >= 0.6 is 0 Å². The second kappa shape index (κ2) is 12.7. The molecule has 1 unspecified atom stereocenters. The highest BCUT2D eigenvalue weighted by atomic mass is 32.2. The molecule has 38 heavy (non-hydrogen) atoms. The number of anilines is 1. The van der Waals surface area contributed by atoms with Gasteiger partial charge in [-0.1, -0.05) is 61.0 Å². The van der Waals surface area contributed by atoms with Crippen LogP contribution in [0.3, 0.4) is 0 Å². The molecule has 1 atom stereocenters. The van der Waals surface area contributed by atoms with E-state index in [2.05, 4.69) is 5.32 Å². The number of aryl methyl sites for hydroxylation is 3. The number of benzene rings is 3. The first-order valence-electron chi connectivity index (χ1n) is 12.8. The van der Waals surface area contributed by atoms with Crippen LogP contribution in [0.4, 0.5) is 5.69 Å². The predicted molar refractivity (Wildman–Crippen MR) is 151 cm³/mol. The summed E-state index contributed by atoms with van der Waals surface area (Å²) >= 11 is 0. The lowest BCUT2D eigenvalue weighted by Gasteiger charge is -2.32. The Bertz CT molecular complexity index is 1360. The Kier molecular flexibility index (Phi) is 9.69. The highest BCUT2D eigenvalue weighted by molar-refractivity contribution is 7.92. The maximum Gasteiger partial charge on any atom is 0.264 e. The topological polar surface area (TPSA) is 86.8 Å². The van der Waals surface area contributed by atoms with E-state index >= 15 is 0 Å². The van der Waals surface area contributed by atoms with Gasteiger partial charge in [0.1, 0.15) is 12.6 Å². The molecule has 3 aromatic carbocycles. The number of nitrogens with zero attached hydrogens (tertiary/aromatic N) is 2. The SMILES string of the molecule is CCCNC(=O)C(C)N(Cc1ccccc1)C(=O)CN(c1ccc(C)c(C)c1)S(=O)(=O)c1ccc(C)cc1. The van der Waals surface area contributed by atoms with Gasteiger partial charge in [-0.3, -0.25) is 13.9 Å². The summed E-state index contributed by atoms with van der Waals surface area (Å²) in [5.74, 6) is -0.753. The van der Waals surface area contributed by atoms with E-state index in [1.54, 1.807) is 43.3 Å². The van der Waals surface area contributed by atoms with Crippen molar-refractivity contribution in [3.63, 3.8) is 0 Å². The van der Waals surface area contributed by atoms with Crippen LogP contribution in [0, 0.1) is 20.8 Å². The fourth-order valence-electron chi connectivity index (χ4n) is 4.01. The molecule has 0 aliphatic carbocycles. The average Bonchev–Trinajstić information content (AvgIpc) is 2.90. The molecule has 0 heterocycles. The number of hydrogen-bond acceptors (Lipinski definition) is 4. The third kappa shape index (κ3) is 7.01. The lowest BCUT2D eigenvalue weighted by atomic mass is 10.1. The number of carbonyl (C=O) groups is 2. The zero-order valence-corrected chi connectivity index (χ0v) is 23.6. The smallest absolute Gasteiger partial charge is 0.264 e. The molecule has 0 spiro atoms. The quantitative estimate of drug-likeness (QED) is 0.384. The molecule has 8 heteroatoms. The number of amides is 2. The minimum atomic E-state index is -4.08. The average molecular weight is 536 g/mol. The summed E-state index contributed by atoms with van der Waals surface area (Å²) in [7, 11) is -4.08. The molecule has 3 aromatic rings. The molecular weight excluding hydrogens is 498 g/mol. The molecule has 0 bridgehead atoms. The number of sulfonamides is 1. The Labute approximate surface area is 226 Å². The van der Waals surface area contributed by atoms with E-state index in [1.807, 2.05) is 64.1 Å². The van der Waals surface area contributed by atoms with Crippen molar-refractivity contribution in [2.45, 2.75) is 58.5 Å². The number of nitrogens with one attached hydrogen (secondary N) is 1. The van der Waals surface area contributed by atoms with E-state index < -0.39 is 28.5 Å². The van der Waals surface area contributed by atoms with Gasteiger partial charge in [-0.2, -0.15) is 0 Å². The van der Waals surface area contributed by atoms with Gasteiger partial charge in [0.15, 0.2) is 0 Å². The van der Waals surface area contributed by atoms with E-state index in [1.165, 1.54) is 4.90 Å². The van der Waals surface area contributed by atoms with Crippen LogP contribution in [-0.2, 0) is 26.2 Å². The van der Waals surface area contributed by atoms with Gasteiger partial charge in [-0.25, -0.2) is 8.42 Å². The van der Waals surface area contributed by atoms with E-state index in [9.17, 15) is 18.0 Å². The van der Waals surface area contributed by atoms with Crippen LogP contribution in [0.15, 0.2) is 77.7 Å². The molecule has 1 N–H and O–H groups in total. The Morgan fingerprint density at radius 2 is 1.55 bits per heavy atom. The van der Waals surface area contributed by atoms with Gasteiger partial charge in [0.2, 0.25) is 11.8 Å². The van der Waals surface area contributed by atoms with Crippen molar-refractivity contribution < 1.29 is 18.0 Å². The standard InChI is InChI=1S/C30H37N3O4S/c1-6-18-31-30(35)25(5)32(20-26-10-8-7-9-11-26)29(34)21-33(27-15-14-23(3)24(4)19-27)38(36,37)28-16-12-22(2)13-17-28/h7-17,19,25H,6,18,20-21H2,1-5H3,(H,31,35). The van der Waals surface area contributed by atoms with Gasteiger partial charge in [-0.15, -0.1) is 0 Å². The third-order valence-corrected chi connectivity index (χ3v) is 8.37. The molecule has 0 fully saturated rings. The first-order valence-corrected chi connectivity index (χ1v) is 14.3. The normalized spacial score (nSPS) is 12.0. The lowest BCUT2D eigenvalue weighted by Crippen LogP contribution is -2.51. The molecule has 7 nitrogen and oxygen atoms in total. The van der Waals surface area contributed by atoms with Gasteiger partial charge >= 0.3 is 0 Å². The summed E-state index contributed by atoms with van der Waals surface area (Å²) in [5.41, 5.74) is 4.09. The Balaban J connectivity index is 2.03. The maximum absolute atomic E-state index is 13.9. The molecule has 0 saturated heterocycles. The third-order valence-electron chi connectivity index (χ3n) is 6.58. The molecule has 0 saturated carbocycles. The van der Waals surface area contributed by atoms with Crippen LogP contribution < -0.4 is 9.62 Å². The van der Waals surface area contributed by atoms with Crippen molar-refractivity contribution in [3.05, 3.63) is 95.1 Å². The largest absolute Gasteiger partial charge is 0.354 e. The molecule has 0 aliphatic rings. The molecule has 0 aliphatic heterocycles. The van der Waals surface area contributed by atoms with Crippen molar-refractivity contribution in [1.82, 2.24) is 10.2 Å². The number of carbonyl (C=O) groups excluding carboxylic acids is 2. The van der Waals surface area contributed by atoms with E-state index in [0.717, 1.165) is 33.0 Å². The van der Waals surface area contributed by atoms with Crippen LogP contribution in [0.25, 0.3) is 0 Å². The second-order valence-electron chi connectivity index (χ2n) is 9.57. The fraction of sp³-hybridized carbons (Fsp3) is 0.333. The van der Waals surface area contributed by atoms with Crippen LogP contribution in [0.2, 0.25) is 0 Å². The monoisotopic (exact) mass is 535 g/mol. The molecule has 2 amide bonds. The van der Waals surface area contributed by atoms with E-state index in [4.69, 9.17) is 0 Å². The van der Waals surface area contributed by atoms with Crippen molar-refractivity contribution in [2.75, 3.05) is 17.4 Å².